The summed E-state index contributed by atoms with van der Waals surface area (Å²) in [7, 11) is 1.68. The lowest BCUT2D eigenvalue weighted by Crippen LogP contribution is -1.93. The fraction of sp³-hybridized carbons (Fsp3) is 0.0769. The second-order valence-electron chi connectivity index (χ2n) is 3.74. The van der Waals surface area contributed by atoms with Crippen molar-refractivity contribution in [2.75, 3.05) is 0 Å². The molecule has 0 unspecified atom stereocenters. The van der Waals surface area contributed by atoms with Gasteiger partial charge in [-0.2, -0.15) is 5.10 Å². The molecule has 2 aromatic rings. The van der Waals surface area contributed by atoms with Gasteiger partial charge in [0.15, 0.2) is 5.78 Å². The van der Waals surface area contributed by atoms with Gasteiger partial charge in [-0.05, 0) is 24.3 Å². The summed E-state index contributed by atoms with van der Waals surface area (Å²) in [5, 5.41) is 3.84. The van der Waals surface area contributed by atoms with Gasteiger partial charge in [0.05, 0.1) is 11.8 Å². The molecule has 92 valence electrons. The molecule has 0 radical (unpaired) electrons. The summed E-state index contributed by atoms with van der Waals surface area (Å²) in [6, 6.07) is 3.54. The van der Waals surface area contributed by atoms with Crippen molar-refractivity contribution < 1.29 is 13.6 Å². The lowest BCUT2D eigenvalue weighted by Gasteiger charge is -1.97. The van der Waals surface area contributed by atoms with Crippen LogP contribution in [0.25, 0.3) is 6.08 Å². The van der Waals surface area contributed by atoms with Crippen molar-refractivity contribution in [1.82, 2.24) is 9.78 Å². The molecular formula is C13H10F2N2O. The topological polar surface area (TPSA) is 34.9 Å². The molecule has 1 heterocycles. The first kappa shape index (κ1) is 12.2. The van der Waals surface area contributed by atoms with Gasteiger partial charge in [0.1, 0.15) is 11.6 Å². The minimum absolute atomic E-state index is 0.227. The highest BCUT2D eigenvalue weighted by atomic mass is 19.1. The van der Waals surface area contributed by atoms with Crippen molar-refractivity contribution in [3.8, 4) is 0 Å². The Labute approximate surface area is 102 Å². The molecule has 0 aliphatic rings. The van der Waals surface area contributed by atoms with Crippen LogP contribution in [0.3, 0.4) is 0 Å². The molecule has 18 heavy (non-hydrogen) atoms. The van der Waals surface area contributed by atoms with E-state index < -0.39 is 11.6 Å². The first-order chi connectivity index (χ1) is 8.58. The van der Waals surface area contributed by atoms with Crippen LogP contribution in [-0.4, -0.2) is 15.6 Å². The second kappa shape index (κ2) is 4.91. The van der Waals surface area contributed by atoms with Crippen molar-refractivity contribution in [3.05, 3.63) is 59.4 Å². The van der Waals surface area contributed by atoms with Gasteiger partial charge in [0.2, 0.25) is 0 Å². The Morgan fingerprint density at radius 2 is 2.00 bits per heavy atom. The summed E-state index contributed by atoms with van der Waals surface area (Å²) in [6.45, 7) is 0. The van der Waals surface area contributed by atoms with Gasteiger partial charge in [-0.3, -0.25) is 9.48 Å². The first-order valence-electron chi connectivity index (χ1n) is 5.23. The summed E-state index contributed by atoms with van der Waals surface area (Å²) in [6.07, 6.45) is 5.17. The van der Waals surface area contributed by atoms with Crippen LogP contribution in [0.4, 0.5) is 8.78 Å². The number of rotatable bonds is 3. The molecule has 0 spiro atoms. The Balaban J connectivity index is 2.24. The van der Waals surface area contributed by atoms with Gasteiger partial charge >= 0.3 is 0 Å². The number of nitrogens with zero attached hydrogens (tertiary/aromatic N) is 2. The molecule has 2 rings (SSSR count). The van der Waals surface area contributed by atoms with E-state index in [1.807, 2.05) is 0 Å². The Hall–Kier alpha value is -2.30. The fourth-order valence-corrected chi connectivity index (χ4v) is 1.47. The van der Waals surface area contributed by atoms with Crippen LogP contribution in [0, 0.1) is 11.6 Å². The SMILES string of the molecule is Cn1cc(C(=O)C=Cc2c(F)cccc2F)cn1. The molecule has 0 bridgehead atoms. The van der Waals surface area contributed by atoms with E-state index in [1.165, 1.54) is 23.1 Å². The second-order valence-corrected chi connectivity index (χ2v) is 3.74. The largest absolute Gasteiger partial charge is 0.289 e. The molecule has 1 aromatic carbocycles. The number of halogens is 2. The maximum absolute atomic E-state index is 13.3. The maximum Gasteiger partial charge on any atom is 0.189 e. The number of aromatic nitrogens is 2. The number of hydrogen-bond donors (Lipinski definition) is 0. The van der Waals surface area contributed by atoms with Crippen LogP contribution < -0.4 is 0 Å². The molecule has 5 heteroatoms. The summed E-state index contributed by atoms with van der Waals surface area (Å²) in [4.78, 5) is 11.7. The molecule has 0 aliphatic carbocycles. The third-order valence-corrected chi connectivity index (χ3v) is 2.39. The van der Waals surface area contributed by atoms with Gasteiger partial charge in [-0.1, -0.05) is 6.07 Å². The van der Waals surface area contributed by atoms with E-state index in [-0.39, 0.29) is 11.3 Å². The molecule has 0 fully saturated rings. The maximum atomic E-state index is 13.3. The number of ketones is 1. The predicted molar refractivity (Wildman–Crippen MR) is 62.9 cm³/mol. The highest BCUT2D eigenvalue weighted by Crippen LogP contribution is 2.14. The minimum atomic E-state index is -0.703. The lowest BCUT2D eigenvalue weighted by atomic mass is 10.1. The summed E-state index contributed by atoms with van der Waals surface area (Å²) in [5.74, 6) is -1.76. The zero-order valence-electron chi connectivity index (χ0n) is 9.60. The van der Waals surface area contributed by atoms with Crippen LogP contribution in [-0.2, 0) is 7.05 Å². The molecular weight excluding hydrogens is 238 g/mol. The van der Waals surface area contributed by atoms with E-state index >= 15 is 0 Å². The van der Waals surface area contributed by atoms with Gasteiger partial charge in [-0.15, -0.1) is 0 Å². The molecule has 1 aromatic heterocycles. The van der Waals surface area contributed by atoms with E-state index in [2.05, 4.69) is 5.10 Å². The van der Waals surface area contributed by atoms with Crippen molar-refractivity contribution in [2.45, 2.75) is 0 Å². The Bertz CT molecular complexity index is 597. The Morgan fingerprint density at radius 3 is 2.56 bits per heavy atom. The average Bonchev–Trinajstić information content (AvgIpc) is 2.75. The summed E-state index contributed by atoms with van der Waals surface area (Å²) >= 11 is 0. The predicted octanol–water partition coefficient (Wildman–Crippen LogP) is 2.59. The third-order valence-electron chi connectivity index (χ3n) is 2.39. The average molecular weight is 248 g/mol. The minimum Gasteiger partial charge on any atom is -0.289 e. The van der Waals surface area contributed by atoms with E-state index in [1.54, 1.807) is 7.05 Å². The number of carbonyl (C=O) groups is 1. The van der Waals surface area contributed by atoms with Crippen LogP contribution in [0.2, 0.25) is 0 Å². The number of hydrogen-bond acceptors (Lipinski definition) is 2. The monoisotopic (exact) mass is 248 g/mol. The van der Waals surface area contributed by atoms with Gasteiger partial charge in [0, 0.05) is 18.8 Å². The van der Waals surface area contributed by atoms with Crippen molar-refractivity contribution in [2.24, 2.45) is 7.05 Å². The normalized spacial score (nSPS) is 11.1. The number of carbonyl (C=O) groups excluding carboxylic acids is 1. The van der Waals surface area contributed by atoms with Crippen LogP contribution in [0.15, 0.2) is 36.7 Å². The smallest absolute Gasteiger partial charge is 0.189 e. The molecule has 0 saturated heterocycles. The van der Waals surface area contributed by atoms with Crippen molar-refractivity contribution in [3.63, 3.8) is 0 Å². The number of benzene rings is 1. The molecule has 0 atom stereocenters. The van der Waals surface area contributed by atoms with Crippen LogP contribution >= 0.6 is 0 Å². The van der Waals surface area contributed by atoms with E-state index in [9.17, 15) is 13.6 Å². The zero-order valence-corrected chi connectivity index (χ0v) is 9.60. The van der Waals surface area contributed by atoms with Gasteiger partial charge in [-0.25, -0.2) is 8.78 Å². The highest BCUT2D eigenvalue weighted by Gasteiger charge is 2.07. The van der Waals surface area contributed by atoms with E-state index in [0.717, 1.165) is 24.3 Å². The quantitative estimate of drug-likeness (QED) is 0.618. The van der Waals surface area contributed by atoms with E-state index in [4.69, 9.17) is 0 Å². The standard InChI is InChI=1S/C13H10F2N2O/c1-17-8-9(7-16-17)13(18)6-5-10-11(14)3-2-4-12(10)15/h2-8H,1H3. The zero-order chi connectivity index (χ0) is 13.1. The molecule has 3 nitrogen and oxygen atoms in total. The molecule has 0 amide bonds. The summed E-state index contributed by atoms with van der Waals surface area (Å²) < 4.78 is 28.1. The van der Waals surface area contributed by atoms with Gasteiger partial charge < -0.3 is 0 Å². The number of aryl methyl sites for hydroxylation is 1. The Morgan fingerprint density at radius 1 is 1.33 bits per heavy atom. The van der Waals surface area contributed by atoms with Crippen molar-refractivity contribution in [1.29, 1.82) is 0 Å². The Kier molecular flexibility index (Phi) is 3.32. The first-order valence-corrected chi connectivity index (χ1v) is 5.23. The lowest BCUT2D eigenvalue weighted by molar-refractivity contribution is 0.104. The summed E-state index contributed by atoms with van der Waals surface area (Å²) in [5.41, 5.74) is 0.139. The van der Waals surface area contributed by atoms with E-state index in [0.29, 0.717) is 5.56 Å². The van der Waals surface area contributed by atoms with Crippen LogP contribution in [0.5, 0.6) is 0 Å². The highest BCUT2D eigenvalue weighted by molar-refractivity contribution is 6.06. The third kappa shape index (κ3) is 2.51. The molecule has 0 saturated carbocycles. The van der Waals surface area contributed by atoms with Gasteiger partial charge in [0.25, 0.3) is 0 Å². The van der Waals surface area contributed by atoms with Crippen LogP contribution in [0.1, 0.15) is 15.9 Å². The number of allylic oxidation sites excluding steroid dienone is 1. The van der Waals surface area contributed by atoms with Crippen molar-refractivity contribution >= 4 is 11.9 Å². The molecule has 0 N–H and O–H groups in total. The fourth-order valence-electron chi connectivity index (χ4n) is 1.47. The molecule has 0 aliphatic heterocycles.